The third-order valence-corrected chi connectivity index (χ3v) is 10.4. The number of hydrogen-bond acceptors (Lipinski definition) is 10. The van der Waals surface area contributed by atoms with Gasteiger partial charge in [-0.15, -0.1) is 0 Å². The number of hydrogen-bond donors (Lipinski definition) is 1. The molecule has 3 saturated heterocycles. The number of carbonyl (C=O) groups is 1. The summed E-state index contributed by atoms with van der Waals surface area (Å²) >= 11 is 0. The molecule has 3 aliphatic heterocycles. The molecule has 1 amide bonds. The number of piperidine rings is 1. The van der Waals surface area contributed by atoms with Gasteiger partial charge >= 0.3 is 0 Å². The van der Waals surface area contributed by atoms with Crippen LogP contribution in [0.15, 0.2) is 49.3 Å². The van der Waals surface area contributed by atoms with E-state index in [-0.39, 0.29) is 36.2 Å². The van der Waals surface area contributed by atoms with Crippen molar-refractivity contribution in [1.29, 1.82) is 0 Å². The number of likely N-dealkylation sites (tertiary alicyclic amines) is 1. The molecule has 0 bridgehead atoms. The lowest BCUT2D eigenvalue weighted by molar-refractivity contribution is -0.126. The summed E-state index contributed by atoms with van der Waals surface area (Å²) in [5.41, 5.74) is 3.31. The number of alkyl halides is 1. The zero-order chi connectivity index (χ0) is 31.9. The number of nitrogens with zero attached hydrogens (tertiary/aromatic N) is 6. The highest BCUT2D eigenvalue weighted by Gasteiger charge is 2.39. The predicted octanol–water partition coefficient (Wildman–Crippen LogP) is 4.05. The van der Waals surface area contributed by atoms with Crippen LogP contribution in [0, 0.1) is 5.92 Å². The largest absolute Gasteiger partial charge is 0.378 e. The van der Waals surface area contributed by atoms with Crippen molar-refractivity contribution in [1.82, 2.24) is 19.9 Å². The number of amides is 1. The average molecular weight is 638 g/mol. The Hall–Kier alpha value is -3.84. The van der Waals surface area contributed by atoms with E-state index >= 15 is 0 Å². The molecular weight excluding hydrogens is 597 g/mol. The number of pyridine rings is 1. The van der Waals surface area contributed by atoms with Crippen LogP contribution in [0.25, 0.3) is 10.9 Å². The highest BCUT2D eigenvalue weighted by atomic mass is 32.2. The number of halogens is 1. The second-order valence-corrected chi connectivity index (χ2v) is 14.5. The van der Waals surface area contributed by atoms with Gasteiger partial charge in [0, 0.05) is 85.7 Å². The maximum atomic E-state index is 14.6. The lowest BCUT2D eigenvalue weighted by Crippen LogP contribution is -2.57. The van der Waals surface area contributed by atoms with Gasteiger partial charge in [0.15, 0.2) is 0 Å². The van der Waals surface area contributed by atoms with E-state index in [1.807, 2.05) is 41.0 Å². The van der Waals surface area contributed by atoms with Crippen molar-refractivity contribution >= 4 is 49.8 Å². The first-order valence-electron chi connectivity index (χ1n) is 15.4. The number of nitrogens with one attached hydrogen (secondary N) is 1. The van der Waals surface area contributed by atoms with Crippen LogP contribution in [0.1, 0.15) is 37.8 Å². The van der Waals surface area contributed by atoms with Gasteiger partial charge in [-0.1, -0.05) is 12.6 Å². The van der Waals surface area contributed by atoms with Crippen LogP contribution in [-0.2, 0) is 19.4 Å². The van der Waals surface area contributed by atoms with Gasteiger partial charge in [-0.3, -0.25) is 4.79 Å². The Bertz CT molecular complexity index is 1710. The first kappa shape index (κ1) is 31.2. The Kier molecular flexibility index (Phi) is 8.66. The standard InChI is InChI=1S/C32H40FN7O4S/c1-5-30(41)39-13-6-7-26(39)23-8-9-27(40-17-21(20(40)2)19-45(4,42)43)24-16-35-32(37-31(23)24)36-22-10-12-34-29(15-22)38-14-11-28(44-3)25(33)18-38/h5,8-10,12,15-16,20-21,25-26,28H,1,6-7,11,13-14,17-19H2,2-4H3,(H,34,35,36,37)/t20-,21-,25+,26-,28-/m1/s1. The molecule has 3 fully saturated rings. The van der Waals surface area contributed by atoms with Gasteiger partial charge in [0.25, 0.3) is 0 Å². The van der Waals surface area contributed by atoms with Crippen molar-refractivity contribution in [2.45, 2.75) is 50.5 Å². The van der Waals surface area contributed by atoms with Crippen LogP contribution < -0.4 is 15.1 Å². The van der Waals surface area contributed by atoms with E-state index < -0.39 is 22.1 Å². The summed E-state index contributed by atoms with van der Waals surface area (Å²) in [5, 5.41) is 4.14. The van der Waals surface area contributed by atoms with E-state index in [0.717, 1.165) is 35.0 Å². The van der Waals surface area contributed by atoms with Crippen molar-refractivity contribution in [3.05, 3.63) is 54.9 Å². The molecule has 5 heterocycles. The van der Waals surface area contributed by atoms with Gasteiger partial charge in [-0.2, -0.15) is 0 Å². The molecule has 240 valence electrons. The molecule has 0 unspecified atom stereocenters. The van der Waals surface area contributed by atoms with Crippen LogP contribution in [-0.4, -0.2) is 97.8 Å². The highest BCUT2D eigenvalue weighted by molar-refractivity contribution is 7.90. The fourth-order valence-corrected chi connectivity index (χ4v) is 8.08. The van der Waals surface area contributed by atoms with Gasteiger partial charge in [-0.05, 0) is 44.4 Å². The molecule has 0 saturated carbocycles. The molecule has 3 aromatic rings. The SMILES string of the molecule is C=CC(=O)N1CCC[C@@H]1c1ccc(N2C[C@H](CS(C)(=O)=O)[C@H]2C)c2cnc(Nc3ccnc(N4CC[C@@H](OC)[C@@H](F)C4)c3)nc12. The molecule has 6 rings (SSSR count). The number of rotatable bonds is 9. The van der Waals surface area contributed by atoms with Gasteiger partial charge in [0.1, 0.15) is 21.8 Å². The first-order valence-corrected chi connectivity index (χ1v) is 17.4. The Morgan fingerprint density at radius 2 is 2.02 bits per heavy atom. The molecule has 13 heteroatoms. The molecule has 0 aliphatic carbocycles. The van der Waals surface area contributed by atoms with Crippen LogP contribution >= 0.6 is 0 Å². The van der Waals surface area contributed by atoms with Crippen LogP contribution in [0.2, 0.25) is 0 Å². The van der Waals surface area contributed by atoms with E-state index in [2.05, 4.69) is 26.8 Å². The summed E-state index contributed by atoms with van der Waals surface area (Å²) in [4.78, 5) is 32.8. The van der Waals surface area contributed by atoms with Gasteiger partial charge < -0.3 is 24.8 Å². The molecule has 0 radical (unpaired) electrons. The third kappa shape index (κ3) is 6.32. The lowest BCUT2D eigenvalue weighted by atomic mass is 9.89. The number of anilines is 4. The van der Waals surface area contributed by atoms with Gasteiger partial charge in [0.2, 0.25) is 11.9 Å². The van der Waals surface area contributed by atoms with Crippen molar-refractivity contribution in [2.75, 3.05) is 60.4 Å². The topological polar surface area (TPSA) is 121 Å². The zero-order valence-electron chi connectivity index (χ0n) is 25.9. The number of ether oxygens (including phenoxy) is 1. The molecule has 11 nitrogen and oxygen atoms in total. The van der Waals surface area contributed by atoms with Crippen molar-refractivity contribution < 1.29 is 22.3 Å². The van der Waals surface area contributed by atoms with E-state index in [9.17, 15) is 17.6 Å². The Morgan fingerprint density at radius 1 is 1.20 bits per heavy atom. The average Bonchev–Trinajstić information content (AvgIpc) is 3.51. The molecule has 2 aromatic heterocycles. The van der Waals surface area contributed by atoms with E-state index in [0.29, 0.717) is 43.5 Å². The van der Waals surface area contributed by atoms with Crippen LogP contribution in [0.4, 0.5) is 27.5 Å². The van der Waals surface area contributed by atoms with Crippen LogP contribution in [0.3, 0.4) is 0 Å². The predicted molar refractivity (Wildman–Crippen MR) is 173 cm³/mol. The third-order valence-electron chi connectivity index (χ3n) is 9.37. The molecule has 5 atom stereocenters. The minimum absolute atomic E-state index is 0.0324. The summed E-state index contributed by atoms with van der Waals surface area (Å²) in [7, 11) is -1.55. The molecule has 3 aliphatic rings. The minimum Gasteiger partial charge on any atom is -0.378 e. The number of fused-ring (bicyclic) bond motifs is 1. The Morgan fingerprint density at radius 3 is 2.73 bits per heavy atom. The molecule has 45 heavy (non-hydrogen) atoms. The molecule has 0 spiro atoms. The van der Waals surface area contributed by atoms with Crippen molar-refractivity contribution in [3.8, 4) is 0 Å². The Labute approximate surface area is 263 Å². The summed E-state index contributed by atoms with van der Waals surface area (Å²) in [6.07, 6.45) is 6.85. The summed E-state index contributed by atoms with van der Waals surface area (Å²) in [5.74, 6) is 1.11. The number of sulfone groups is 1. The molecule has 1 aromatic carbocycles. The van der Waals surface area contributed by atoms with Crippen molar-refractivity contribution in [3.63, 3.8) is 0 Å². The fourth-order valence-electron chi connectivity index (χ4n) is 6.92. The minimum atomic E-state index is -3.09. The highest BCUT2D eigenvalue weighted by Crippen LogP contribution is 2.42. The second-order valence-electron chi connectivity index (χ2n) is 12.3. The second kappa shape index (κ2) is 12.5. The summed E-state index contributed by atoms with van der Waals surface area (Å²) in [6.45, 7) is 7.84. The van der Waals surface area contributed by atoms with Gasteiger partial charge in [0.05, 0.1) is 30.0 Å². The number of carbonyl (C=O) groups excluding carboxylic acids is 1. The maximum absolute atomic E-state index is 14.6. The zero-order valence-corrected chi connectivity index (χ0v) is 26.7. The molecular formula is C32H40FN7O4S. The first-order chi connectivity index (χ1) is 21.6. The van der Waals surface area contributed by atoms with E-state index in [4.69, 9.17) is 9.72 Å². The lowest BCUT2D eigenvalue weighted by Gasteiger charge is -2.48. The summed E-state index contributed by atoms with van der Waals surface area (Å²) < 4.78 is 43.8. The monoisotopic (exact) mass is 637 g/mol. The number of benzene rings is 1. The summed E-state index contributed by atoms with van der Waals surface area (Å²) in [6, 6.07) is 7.62. The maximum Gasteiger partial charge on any atom is 0.246 e. The van der Waals surface area contributed by atoms with Gasteiger partial charge in [-0.25, -0.2) is 27.8 Å². The van der Waals surface area contributed by atoms with E-state index in [1.54, 1.807) is 12.4 Å². The van der Waals surface area contributed by atoms with Crippen molar-refractivity contribution in [2.24, 2.45) is 5.92 Å². The Balaban J connectivity index is 1.33. The fraction of sp³-hybridized carbons (Fsp3) is 0.500. The normalized spacial score (nSPS) is 25.3. The van der Waals surface area contributed by atoms with Crippen LogP contribution in [0.5, 0.6) is 0 Å². The van der Waals surface area contributed by atoms with E-state index in [1.165, 1.54) is 19.4 Å². The quantitative estimate of drug-likeness (QED) is 0.344. The number of aromatic nitrogens is 3. The molecule has 1 N–H and O–H groups in total. The number of methoxy groups -OCH3 is 1. The smallest absolute Gasteiger partial charge is 0.246 e.